The van der Waals surface area contributed by atoms with E-state index in [2.05, 4.69) is 15.9 Å². The van der Waals surface area contributed by atoms with E-state index in [0.29, 0.717) is 11.4 Å². The summed E-state index contributed by atoms with van der Waals surface area (Å²) in [5.74, 6) is -1.54. The highest BCUT2D eigenvalue weighted by Gasteiger charge is 2.22. The molecule has 108 valence electrons. The number of carboxylic acids is 1. The zero-order valence-electron chi connectivity index (χ0n) is 11.0. The van der Waals surface area contributed by atoms with E-state index < -0.39 is 18.4 Å². The van der Waals surface area contributed by atoms with Crippen LogP contribution in [0.2, 0.25) is 0 Å². The van der Waals surface area contributed by atoms with Crippen LogP contribution in [0, 0.1) is 0 Å². The lowest BCUT2D eigenvalue weighted by Crippen LogP contribution is -2.36. The third-order valence-corrected chi connectivity index (χ3v) is 3.34. The van der Waals surface area contributed by atoms with Gasteiger partial charge in [-0.1, -0.05) is 34.1 Å². The summed E-state index contributed by atoms with van der Waals surface area (Å²) < 4.78 is 0.751. The predicted molar refractivity (Wildman–Crippen MR) is 84.3 cm³/mol. The van der Waals surface area contributed by atoms with Crippen LogP contribution < -0.4 is 10.6 Å². The maximum absolute atomic E-state index is 12.6. The molecule has 3 N–H and O–H groups in total. The highest BCUT2D eigenvalue weighted by molar-refractivity contribution is 9.10. The second-order valence-corrected chi connectivity index (χ2v) is 5.27. The summed E-state index contributed by atoms with van der Waals surface area (Å²) >= 11 is 3.27. The second-order valence-electron chi connectivity index (χ2n) is 4.35. The first kappa shape index (κ1) is 15.1. The number of aliphatic carboxylic acids is 1. The predicted octanol–water partition coefficient (Wildman–Crippen LogP) is 2.76. The minimum Gasteiger partial charge on any atom is -0.480 e. The van der Waals surface area contributed by atoms with Gasteiger partial charge >= 0.3 is 5.97 Å². The Morgan fingerprint density at radius 2 is 1.81 bits per heavy atom. The molecule has 0 heterocycles. The molecule has 2 aromatic carbocycles. The summed E-state index contributed by atoms with van der Waals surface area (Å²) in [4.78, 5) is 24.8. The van der Waals surface area contributed by atoms with Crippen molar-refractivity contribution in [2.45, 2.75) is 0 Å². The number of anilines is 2. The lowest BCUT2D eigenvalue weighted by atomic mass is 10.1. The standard InChI is InChI=1S/C15H13BrN2O3/c16-10-6-7-12(13(17)8-10)15(21)18(9-14(19)20)11-4-2-1-3-5-11/h1-8H,9,17H2,(H,19,20). The Morgan fingerprint density at radius 3 is 2.38 bits per heavy atom. The van der Waals surface area contributed by atoms with Crippen LogP contribution in [0.3, 0.4) is 0 Å². The fourth-order valence-corrected chi connectivity index (χ4v) is 2.28. The molecule has 2 rings (SSSR count). The Labute approximate surface area is 130 Å². The number of para-hydroxylation sites is 1. The monoisotopic (exact) mass is 348 g/mol. The van der Waals surface area contributed by atoms with Gasteiger partial charge in [-0.05, 0) is 30.3 Å². The highest BCUT2D eigenvalue weighted by Crippen LogP contribution is 2.23. The summed E-state index contributed by atoms with van der Waals surface area (Å²) in [5, 5.41) is 9.02. The number of nitrogens with zero attached hydrogens (tertiary/aromatic N) is 1. The molecule has 0 radical (unpaired) electrons. The number of nitrogens with two attached hydrogens (primary N) is 1. The number of hydrogen-bond acceptors (Lipinski definition) is 3. The molecule has 0 aliphatic heterocycles. The molecule has 0 saturated carbocycles. The minimum atomic E-state index is -1.09. The summed E-state index contributed by atoms with van der Waals surface area (Å²) in [6.45, 7) is -0.432. The van der Waals surface area contributed by atoms with Crippen molar-refractivity contribution in [3.05, 3.63) is 58.6 Å². The van der Waals surface area contributed by atoms with Crippen LogP contribution in [-0.2, 0) is 4.79 Å². The number of carboxylic acid groups (broad SMARTS) is 1. The molecule has 0 aliphatic rings. The molecule has 0 unspecified atom stereocenters. The summed E-state index contributed by atoms with van der Waals surface area (Å²) in [6.07, 6.45) is 0. The summed E-state index contributed by atoms with van der Waals surface area (Å²) in [7, 11) is 0. The molecule has 0 saturated heterocycles. The maximum Gasteiger partial charge on any atom is 0.323 e. The first-order valence-electron chi connectivity index (χ1n) is 6.13. The van der Waals surface area contributed by atoms with Crippen molar-refractivity contribution in [1.29, 1.82) is 0 Å². The van der Waals surface area contributed by atoms with Crippen molar-refractivity contribution >= 4 is 39.2 Å². The van der Waals surface area contributed by atoms with Gasteiger partial charge in [-0.15, -0.1) is 0 Å². The van der Waals surface area contributed by atoms with Crippen molar-refractivity contribution in [3.63, 3.8) is 0 Å². The minimum absolute atomic E-state index is 0.267. The molecule has 21 heavy (non-hydrogen) atoms. The Morgan fingerprint density at radius 1 is 1.14 bits per heavy atom. The average molecular weight is 349 g/mol. The van der Waals surface area contributed by atoms with E-state index in [9.17, 15) is 9.59 Å². The Bertz CT molecular complexity index is 674. The lowest BCUT2D eigenvalue weighted by Gasteiger charge is -2.21. The summed E-state index contributed by atoms with van der Waals surface area (Å²) in [6, 6.07) is 13.5. The van der Waals surface area contributed by atoms with Crippen LogP contribution in [0.4, 0.5) is 11.4 Å². The van der Waals surface area contributed by atoms with E-state index in [1.165, 1.54) is 4.90 Å². The molecule has 0 atom stereocenters. The van der Waals surface area contributed by atoms with Gasteiger partial charge in [0.1, 0.15) is 6.54 Å². The van der Waals surface area contributed by atoms with Gasteiger partial charge in [0, 0.05) is 15.8 Å². The number of hydrogen-bond donors (Lipinski definition) is 2. The third-order valence-electron chi connectivity index (χ3n) is 2.85. The van der Waals surface area contributed by atoms with Gasteiger partial charge in [-0.2, -0.15) is 0 Å². The molecule has 0 aromatic heterocycles. The first-order valence-corrected chi connectivity index (χ1v) is 6.92. The van der Waals surface area contributed by atoms with Gasteiger partial charge in [0.2, 0.25) is 0 Å². The Hall–Kier alpha value is -2.34. The molecule has 2 aromatic rings. The number of carbonyl (C=O) groups excluding carboxylic acids is 1. The second kappa shape index (κ2) is 6.41. The molecule has 1 amide bonds. The number of halogens is 1. The zero-order chi connectivity index (χ0) is 15.4. The van der Waals surface area contributed by atoms with Gasteiger partial charge < -0.3 is 10.8 Å². The highest BCUT2D eigenvalue weighted by atomic mass is 79.9. The Kier molecular flexibility index (Phi) is 4.59. The largest absolute Gasteiger partial charge is 0.480 e. The van der Waals surface area contributed by atoms with E-state index in [1.807, 2.05) is 0 Å². The smallest absolute Gasteiger partial charge is 0.323 e. The molecule has 5 nitrogen and oxygen atoms in total. The lowest BCUT2D eigenvalue weighted by molar-refractivity contribution is -0.135. The van der Waals surface area contributed by atoms with Crippen molar-refractivity contribution in [2.24, 2.45) is 0 Å². The van der Waals surface area contributed by atoms with Gasteiger partial charge in [-0.3, -0.25) is 14.5 Å². The SMILES string of the molecule is Nc1cc(Br)ccc1C(=O)N(CC(=O)O)c1ccccc1. The zero-order valence-corrected chi connectivity index (χ0v) is 12.6. The molecule has 0 fully saturated rings. The molecule has 0 bridgehead atoms. The topological polar surface area (TPSA) is 83.6 Å². The number of amides is 1. The number of rotatable bonds is 4. The van der Waals surface area contributed by atoms with E-state index in [1.54, 1.807) is 48.5 Å². The fraction of sp³-hybridized carbons (Fsp3) is 0.0667. The van der Waals surface area contributed by atoms with Crippen LogP contribution >= 0.6 is 15.9 Å². The van der Waals surface area contributed by atoms with E-state index in [-0.39, 0.29) is 5.56 Å². The van der Waals surface area contributed by atoms with E-state index >= 15 is 0 Å². The van der Waals surface area contributed by atoms with Gasteiger partial charge in [0.05, 0.1) is 5.56 Å². The third kappa shape index (κ3) is 3.61. The summed E-state index contributed by atoms with van der Waals surface area (Å²) in [5.41, 5.74) is 6.91. The van der Waals surface area contributed by atoms with Crippen molar-refractivity contribution in [3.8, 4) is 0 Å². The van der Waals surface area contributed by atoms with Crippen molar-refractivity contribution in [2.75, 3.05) is 17.2 Å². The number of benzene rings is 2. The molecule has 6 heteroatoms. The van der Waals surface area contributed by atoms with E-state index in [0.717, 1.165) is 4.47 Å². The van der Waals surface area contributed by atoms with Gasteiger partial charge in [0.25, 0.3) is 5.91 Å². The normalized spacial score (nSPS) is 10.1. The number of nitrogen functional groups attached to an aromatic ring is 1. The molecule has 0 spiro atoms. The molecular weight excluding hydrogens is 336 g/mol. The number of carbonyl (C=O) groups is 2. The van der Waals surface area contributed by atoms with Crippen molar-refractivity contribution < 1.29 is 14.7 Å². The van der Waals surface area contributed by atoms with Crippen LogP contribution in [0.1, 0.15) is 10.4 Å². The Balaban J connectivity index is 2.41. The van der Waals surface area contributed by atoms with Crippen LogP contribution in [0.5, 0.6) is 0 Å². The maximum atomic E-state index is 12.6. The van der Waals surface area contributed by atoms with Gasteiger partial charge in [0.15, 0.2) is 0 Å². The quantitative estimate of drug-likeness (QED) is 0.832. The van der Waals surface area contributed by atoms with Crippen LogP contribution in [0.15, 0.2) is 53.0 Å². The van der Waals surface area contributed by atoms with Crippen LogP contribution in [0.25, 0.3) is 0 Å². The average Bonchev–Trinajstić information content (AvgIpc) is 2.45. The fourth-order valence-electron chi connectivity index (χ4n) is 1.90. The van der Waals surface area contributed by atoms with Crippen LogP contribution in [-0.4, -0.2) is 23.5 Å². The molecular formula is C15H13BrN2O3. The van der Waals surface area contributed by atoms with E-state index in [4.69, 9.17) is 10.8 Å². The first-order chi connectivity index (χ1) is 9.99. The molecule has 0 aliphatic carbocycles. The van der Waals surface area contributed by atoms with Crippen molar-refractivity contribution in [1.82, 2.24) is 0 Å². The van der Waals surface area contributed by atoms with Gasteiger partial charge in [-0.25, -0.2) is 0 Å².